The van der Waals surface area contributed by atoms with Crippen LogP contribution in [0.2, 0.25) is 0 Å². The van der Waals surface area contributed by atoms with Crippen molar-refractivity contribution >= 4 is 5.97 Å². The van der Waals surface area contributed by atoms with E-state index in [0.29, 0.717) is 17.2 Å². The van der Waals surface area contributed by atoms with Gasteiger partial charge in [0.15, 0.2) is 18.1 Å². The molecular formula is C13H13NO5. The molecule has 0 saturated carbocycles. The maximum absolute atomic E-state index is 10.8. The van der Waals surface area contributed by atoms with Crippen molar-refractivity contribution in [3.63, 3.8) is 0 Å². The molecule has 2 aromatic rings. The predicted molar refractivity (Wildman–Crippen MR) is 65.5 cm³/mol. The molecule has 0 amide bonds. The summed E-state index contributed by atoms with van der Waals surface area (Å²) >= 11 is 0. The van der Waals surface area contributed by atoms with Crippen LogP contribution in [-0.4, -0.2) is 23.2 Å². The van der Waals surface area contributed by atoms with E-state index in [1.807, 2.05) is 6.07 Å². The van der Waals surface area contributed by atoms with Gasteiger partial charge in [0.1, 0.15) is 0 Å². The molecule has 1 aromatic carbocycles. The number of carboxylic acid groups (broad SMARTS) is 1. The van der Waals surface area contributed by atoms with Crippen LogP contribution >= 0.6 is 0 Å². The van der Waals surface area contributed by atoms with Gasteiger partial charge in [-0.05, 0) is 19.1 Å². The van der Waals surface area contributed by atoms with Gasteiger partial charge in [0.2, 0.25) is 11.7 Å². The third kappa shape index (κ3) is 2.85. The number of carbonyl (C=O) groups is 1. The van der Waals surface area contributed by atoms with Gasteiger partial charge in [0, 0.05) is 0 Å². The molecule has 0 saturated heterocycles. The van der Waals surface area contributed by atoms with Crippen LogP contribution in [0.25, 0.3) is 0 Å². The first-order valence-corrected chi connectivity index (χ1v) is 5.57. The molecule has 6 nitrogen and oxygen atoms in total. The summed E-state index contributed by atoms with van der Waals surface area (Å²) in [5, 5.41) is 8.85. The smallest absolute Gasteiger partial charge is 0.373 e. The van der Waals surface area contributed by atoms with E-state index < -0.39 is 5.97 Å². The second-order valence-electron chi connectivity index (χ2n) is 3.77. The SMILES string of the molecule is COc1ccccc1OCc1nc(C)c(C(=O)O)o1. The zero-order chi connectivity index (χ0) is 13.8. The van der Waals surface area contributed by atoms with Crippen LogP contribution < -0.4 is 9.47 Å². The van der Waals surface area contributed by atoms with Gasteiger partial charge in [0.05, 0.1) is 12.8 Å². The van der Waals surface area contributed by atoms with Gasteiger partial charge in [-0.15, -0.1) is 0 Å². The van der Waals surface area contributed by atoms with Crippen LogP contribution in [0.15, 0.2) is 28.7 Å². The second-order valence-corrected chi connectivity index (χ2v) is 3.77. The number of hydrogen-bond donors (Lipinski definition) is 1. The summed E-state index contributed by atoms with van der Waals surface area (Å²) in [6.07, 6.45) is 0. The van der Waals surface area contributed by atoms with E-state index in [9.17, 15) is 4.79 Å². The largest absolute Gasteiger partial charge is 0.493 e. The molecule has 100 valence electrons. The molecule has 19 heavy (non-hydrogen) atoms. The number of hydrogen-bond acceptors (Lipinski definition) is 5. The topological polar surface area (TPSA) is 81.8 Å². The van der Waals surface area contributed by atoms with Gasteiger partial charge >= 0.3 is 5.97 Å². The van der Waals surface area contributed by atoms with Gasteiger partial charge < -0.3 is 19.0 Å². The Morgan fingerprint density at radius 2 is 2.05 bits per heavy atom. The first-order chi connectivity index (χ1) is 9.11. The lowest BCUT2D eigenvalue weighted by Gasteiger charge is -2.08. The maximum Gasteiger partial charge on any atom is 0.373 e. The Balaban J connectivity index is 2.10. The first kappa shape index (κ1) is 12.9. The maximum atomic E-state index is 10.8. The Labute approximate surface area is 109 Å². The number of aryl methyl sites for hydroxylation is 1. The van der Waals surface area contributed by atoms with Gasteiger partial charge in [-0.25, -0.2) is 9.78 Å². The van der Waals surface area contributed by atoms with E-state index in [-0.39, 0.29) is 18.3 Å². The molecule has 1 aromatic heterocycles. The molecule has 0 bridgehead atoms. The molecule has 0 aliphatic heterocycles. The normalized spacial score (nSPS) is 10.2. The zero-order valence-corrected chi connectivity index (χ0v) is 10.5. The van der Waals surface area contributed by atoms with Crippen LogP contribution in [-0.2, 0) is 6.61 Å². The van der Waals surface area contributed by atoms with Crippen LogP contribution in [0.1, 0.15) is 22.1 Å². The highest BCUT2D eigenvalue weighted by Gasteiger charge is 2.16. The lowest BCUT2D eigenvalue weighted by Crippen LogP contribution is -1.97. The van der Waals surface area contributed by atoms with Crippen LogP contribution in [0, 0.1) is 6.92 Å². The van der Waals surface area contributed by atoms with Crippen LogP contribution in [0.3, 0.4) is 0 Å². The van der Waals surface area contributed by atoms with E-state index in [4.69, 9.17) is 19.0 Å². The summed E-state index contributed by atoms with van der Waals surface area (Å²) in [5.41, 5.74) is 0.325. The monoisotopic (exact) mass is 263 g/mol. The number of ether oxygens (including phenoxy) is 2. The Kier molecular flexibility index (Phi) is 3.70. The summed E-state index contributed by atoms with van der Waals surface area (Å²) in [4.78, 5) is 14.8. The fourth-order valence-electron chi connectivity index (χ4n) is 1.59. The Morgan fingerprint density at radius 3 is 2.63 bits per heavy atom. The quantitative estimate of drug-likeness (QED) is 0.891. The highest BCUT2D eigenvalue weighted by molar-refractivity contribution is 5.85. The van der Waals surface area contributed by atoms with Gasteiger partial charge in [-0.3, -0.25) is 0 Å². The number of aromatic carboxylic acids is 1. The summed E-state index contributed by atoms with van der Waals surface area (Å²) in [6, 6.07) is 7.14. The average molecular weight is 263 g/mol. The summed E-state index contributed by atoms with van der Waals surface area (Å²) < 4.78 is 15.7. The second kappa shape index (κ2) is 5.43. The summed E-state index contributed by atoms with van der Waals surface area (Å²) in [6.45, 7) is 1.61. The van der Waals surface area contributed by atoms with Crippen molar-refractivity contribution in [2.75, 3.05) is 7.11 Å². The summed E-state index contributed by atoms with van der Waals surface area (Å²) in [7, 11) is 1.54. The molecule has 0 radical (unpaired) electrons. The zero-order valence-electron chi connectivity index (χ0n) is 10.5. The Hall–Kier alpha value is -2.50. The molecule has 0 atom stereocenters. The molecule has 0 aliphatic rings. The van der Waals surface area contributed by atoms with Crippen LogP contribution in [0.4, 0.5) is 0 Å². The van der Waals surface area contributed by atoms with Crippen molar-refractivity contribution in [3.05, 3.63) is 41.6 Å². The number of oxazole rings is 1. The number of benzene rings is 1. The standard InChI is InChI=1S/C13H13NO5/c1-8-12(13(15)16)19-11(14-8)7-18-10-6-4-3-5-9(10)17-2/h3-6H,7H2,1-2H3,(H,15,16). The molecular weight excluding hydrogens is 250 g/mol. The van der Waals surface area contributed by atoms with Crippen molar-refractivity contribution in [2.45, 2.75) is 13.5 Å². The minimum Gasteiger partial charge on any atom is -0.493 e. The highest BCUT2D eigenvalue weighted by atomic mass is 16.5. The number of aromatic nitrogens is 1. The molecule has 0 aliphatic carbocycles. The number of methoxy groups -OCH3 is 1. The van der Waals surface area contributed by atoms with Gasteiger partial charge in [-0.1, -0.05) is 12.1 Å². The lowest BCUT2D eigenvalue weighted by molar-refractivity contribution is 0.0657. The van der Waals surface area contributed by atoms with Crippen molar-refractivity contribution in [1.82, 2.24) is 4.98 Å². The molecule has 0 spiro atoms. The number of para-hydroxylation sites is 2. The van der Waals surface area contributed by atoms with Crippen molar-refractivity contribution in [2.24, 2.45) is 0 Å². The Morgan fingerprint density at radius 1 is 1.37 bits per heavy atom. The van der Waals surface area contributed by atoms with Crippen LogP contribution in [0.5, 0.6) is 11.5 Å². The Bertz CT molecular complexity index is 590. The van der Waals surface area contributed by atoms with E-state index in [2.05, 4.69) is 4.98 Å². The molecule has 1 N–H and O–H groups in total. The van der Waals surface area contributed by atoms with Crippen molar-refractivity contribution < 1.29 is 23.8 Å². The molecule has 1 heterocycles. The predicted octanol–water partition coefficient (Wildman–Crippen LogP) is 2.27. The van der Waals surface area contributed by atoms with Crippen molar-refractivity contribution in [3.8, 4) is 11.5 Å². The van der Waals surface area contributed by atoms with E-state index in [1.165, 1.54) is 0 Å². The van der Waals surface area contributed by atoms with E-state index >= 15 is 0 Å². The molecule has 2 rings (SSSR count). The van der Waals surface area contributed by atoms with E-state index in [0.717, 1.165) is 0 Å². The molecule has 0 unspecified atom stereocenters. The molecule has 6 heteroatoms. The first-order valence-electron chi connectivity index (χ1n) is 5.57. The number of nitrogens with zero attached hydrogens (tertiary/aromatic N) is 1. The number of carboxylic acids is 1. The fourth-order valence-corrected chi connectivity index (χ4v) is 1.59. The van der Waals surface area contributed by atoms with Gasteiger partial charge in [-0.2, -0.15) is 0 Å². The third-order valence-electron chi connectivity index (χ3n) is 2.46. The fraction of sp³-hybridized carbons (Fsp3) is 0.231. The summed E-state index contributed by atoms with van der Waals surface area (Å²) in [5.74, 6) is 0.0231. The third-order valence-corrected chi connectivity index (χ3v) is 2.46. The number of rotatable bonds is 5. The van der Waals surface area contributed by atoms with Crippen molar-refractivity contribution in [1.29, 1.82) is 0 Å². The average Bonchev–Trinajstić information content (AvgIpc) is 2.78. The van der Waals surface area contributed by atoms with Gasteiger partial charge in [0.25, 0.3) is 0 Å². The van der Waals surface area contributed by atoms with E-state index in [1.54, 1.807) is 32.2 Å². The highest BCUT2D eigenvalue weighted by Crippen LogP contribution is 2.26. The minimum absolute atomic E-state index is 0.0362. The minimum atomic E-state index is -1.14. The molecule has 0 fully saturated rings. The lowest BCUT2D eigenvalue weighted by atomic mass is 10.3.